The van der Waals surface area contributed by atoms with E-state index in [2.05, 4.69) is 178 Å². The van der Waals surface area contributed by atoms with Crippen molar-refractivity contribution in [2.45, 2.75) is 19.3 Å². The zero-order valence-electron chi connectivity index (χ0n) is 29.1. The second-order valence-corrected chi connectivity index (χ2v) is 14.8. The van der Waals surface area contributed by atoms with Gasteiger partial charge in [0.25, 0.3) is 0 Å². The van der Waals surface area contributed by atoms with Crippen LogP contribution in [0.2, 0.25) is 0 Å². The van der Waals surface area contributed by atoms with Crippen molar-refractivity contribution in [1.82, 2.24) is 0 Å². The van der Waals surface area contributed by atoms with E-state index in [0.717, 1.165) is 11.2 Å². The maximum absolute atomic E-state index is 6.30. The lowest BCUT2D eigenvalue weighted by Crippen LogP contribution is -2.14. The van der Waals surface area contributed by atoms with E-state index < -0.39 is 0 Å². The van der Waals surface area contributed by atoms with E-state index in [4.69, 9.17) is 4.42 Å². The van der Waals surface area contributed by atoms with E-state index in [1.807, 2.05) is 6.07 Å². The minimum absolute atomic E-state index is 0.106. The number of para-hydroxylation sites is 1. The summed E-state index contributed by atoms with van der Waals surface area (Å²) in [6.07, 6.45) is 0. The average molecular weight is 663 g/mol. The van der Waals surface area contributed by atoms with Crippen molar-refractivity contribution >= 4 is 54.3 Å². The van der Waals surface area contributed by atoms with Crippen LogP contribution >= 0.6 is 0 Å². The van der Waals surface area contributed by atoms with Gasteiger partial charge in [0.2, 0.25) is 0 Å². The molecule has 0 unspecified atom stereocenters. The third-order valence-electron chi connectivity index (χ3n) is 11.7. The monoisotopic (exact) mass is 662 g/mol. The number of fused-ring (bicyclic) bond motifs is 11. The molecule has 11 rings (SSSR count). The smallest absolute Gasteiger partial charge is 0.136 e. The van der Waals surface area contributed by atoms with Crippen LogP contribution in [-0.4, -0.2) is 0 Å². The molecule has 0 saturated carbocycles. The number of hydrogen-bond donors (Lipinski definition) is 0. The SMILES string of the molecule is CC1(C)c2ccc(-c3cccc(-c4c5ccccc5c(-c5ccccc5)c5ccccc45)c3)cc2-c2c1ccc1c2ccc2oc3ccccc3c21. The van der Waals surface area contributed by atoms with Crippen molar-refractivity contribution in [2.24, 2.45) is 0 Å². The molecule has 9 aromatic carbocycles. The lowest BCUT2D eigenvalue weighted by Gasteiger charge is -2.22. The van der Waals surface area contributed by atoms with Gasteiger partial charge in [0.05, 0.1) is 0 Å². The second-order valence-electron chi connectivity index (χ2n) is 14.8. The highest BCUT2D eigenvalue weighted by molar-refractivity contribution is 6.23. The normalized spacial score (nSPS) is 13.3. The van der Waals surface area contributed by atoms with Crippen molar-refractivity contribution in [3.8, 4) is 44.5 Å². The molecule has 0 atom stereocenters. The summed E-state index contributed by atoms with van der Waals surface area (Å²) in [6.45, 7) is 4.73. The standard InChI is InChI=1S/C51H34O/c1-51(2)43-26-23-33(30-42(43)49-39-25-28-46-50(40(39)24-27-44(49)51)41-21-10-11-22-45(41)52-46)32-15-12-16-34(29-32)48-37-19-8-6-17-35(37)47(31-13-4-3-5-14-31)36-18-7-9-20-38(36)48/h3-30H,1-2H3. The van der Waals surface area contributed by atoms with Gasteiger partial charge in [0.1, 0.15) is 11.2 Å². The van der Waals surface area contributed by atoms with E-state index in [-0.39, 0.29) is 5.41 Å². The largest absolute Gasteiger partial charge is 0.456 e. The van der Waals surface area contributed by atoms with Crippen LogP contribution < -0.4 is 0 Å². The molecule has 52 heavy (non-hydrogen) atoms. The van der Waals surface area contributed by atoms with Gasteiger partial charge >= 0.3 is 0 Å². The van der Waals surface area contributed by atoms with Gasteiger partial charge in [-0.25, -0.2) is 0 Å². The third kappa shape index (κ3) is 4.05. The van der Waals surface area contributed by atoms with E-state index in [1.165, 1.54) is 98.7 Å². The maximum atomic E-state index is 6.30. The predicted octanol–water partition coefficient (Wildman–Crippen LogP) is 14.4. The number of hydrogen-bond acceptors (Lipinski definition) is 1. The zero-order chi connectivity index (χ0) is 34.6. The van der Waals surface area contributed by atoms with Crippen LogP contribution in [0.5, 0.6) is 0 Å². The second kappa shape index (κ2) is 10.8. The van der Waals surface area contributed by atoms with Gasteiger partial charge in [0.15, 0.2) is 0 Å². The number of benzene rings is 9. The van der Waals surface area contributed by atoms with Gasteiger partial charge in [-0.3, -0.25) is 0 Å². The summed E-state index contributed by atoms with van der Waals surface area (Å²) in [5.41, 5.74) is 14.7. The molecular weight excluding hydrogens is 629 g/mol. The van der Waals surface area contributed by atoms with Gasteiger partial charge in [0, 0.05) is 16.2 Å². The van der Waals surface area contributed by atoms with Crippen LogP contribution in [-0.2, 0) is 5.41 Å². The van der Waals surface area contributed by atoms with Crippen molar-refractivity contribution in [3.63, 3.8) is 0 Å². The van der Waals surface area contributed by atoms with E-state index >= 15 is 0 Å². The molecule has 1 heterocycles. The molecule has 1 heteroatoms. The molecule has 0 aliphatic heterocycles. The zero-order valence-corrected chi connectivity index (χ0v) is 29.1. The minimum Gasteiger partial charge on any atom is -0.456 e. The van der Waals surface area contributed by atoms with Gasteiger partial charge in [-0.1, -0.05) is 153 Å². The summed E-state index contributed by atoms with van der Waals surface area (Å²) in [7, 11) is 0. The molecule has 0 N–H and O–H groups in total. The highest BCUT2D eigenvalue weighted by atomic mass is 16.3. The molecule has 0 amide bonds. The maximum Gasteiger partial charge on any atom is 0.136 e. The summed E-state index contributed by atoms with van der Waals surface area (Å²) < 4.78 is 6.30. The first kappa shape index (κ1) is 29.3. The first-order chi connectivity index (χ1) is 25.6. The molecule has 0 bridgehead atoms. The van der Waals surface area contributed by atoms with Crippen LogP contribution in [0, 0.1) is 0 Å². The lowest BCUT2D eigenvalue weighted by molar-refractivity contribution is 0.661. The van der Waals surface area contributed by atoms with E-state index in [0.29, 0.717) is 0 Å². The van der Waals surface area contributed by atoms with Gasteiger partial charge in [-0.05, 0) is 118 Å². The number of furan rings is 1. The Hall–Kier alpha value is -6.44. The molecule has 1 aliphatic carbocycles. The first-order valence-corrected chi connectivity index (χ1v) is 18.2. The highest BCUT2D eigenvalue weighted by Gasteiger charge is 2.37. The van der Waals surface area contributed by atoms with Crippen molar-refractivity contribution in [1.29, 1.82) is 0 Å². The molecule has 1 nitrogen and oxygen atoms in total. The van der Waals surface area contributed by atoms with Crippen LogP contribution in [0.1, 0.15) is 25.0 Å². The lowest BCUT2D eigenvalue weighted by atomic mass is 9.81. The fourth-order valence-electron chi connectivity index (χ4n) is 9.27. The quantitative estimate of drug-likeness (QED) is 0.172. The highest BCUT2D eigenvalue weighted by Crippen LogP contribution is 2.53. The minimum atomic E-state index is -0.106. The molecule has 0 fully saturated rings. The fourth-order valence-corrected chi connectivity index (χ4v) is 9.27. The van der Waals surface area contributed by atoms with Crippen LogP contribution in [0.15, 0.2) is 174 Å². The Morgan fingerprint density at radius 1 is 0.346 bits per heavy atom. The Morgan fingerprint density at radius 2 is 0.885 bits per heavy atom. The van der Waals surface area contributed by atoms with Crippen molar-refractivity contribution < 1.29 is 4.42 Å². The fraction of sp³-hybridized carbons (Fsp3) is 0.0588. The summed E-state index contributed by atoms with van der Waals surface area (Å²) >= 11 is 0. The number of rotatable bonds is 3. The topological polar surface area (TPSA) is 13.1 Å². The van der Waals surface area contributed by atoms with E-state index in [1.54, 1.807) is 0 Å². The Kier molecular flexibility index (Phi) is 6.08. The van der Waals surface area contributed by atoms with Gasteiger partial charge < -0.3 is 4.42 Å². The van der Waals surface area contributed by atoms with Crippen LogP contribution in [0.3, 0.4) is 0 Å². The molecule has 0 saturated heterocycles. The average Bonchev–Trinajstić information content (AvgIpc) is 3.69. The predicted molar refractivity (Wildman–Crippen MR) is 220 cm³/mol. The third-order valence-corrected chi connectivity index (χ3v) is 11.7. The van der Waals surface area contributed by atoms with E-state index in [9.17, 15) is 0 Å². The van der Waals surface area contributed by atoms with Gasteiger partial charge in [-0.15, -0.1) is 0 Å². The Morgan fingerprint density at radius 3 is 1.62 bits per heavy atom. The van der Waals surface area contributed by atoms with Crippen molar-refractivity contribution in [2.75, 3.05) is 0 Å². The summed E-state index contributed by atoms with van der Waals surface area (Å²) in [4.78, 5) is 0. The Balaban J connectivity index is 1.12. The Bertz CT molecular complexity index is 3030. The molecule has 1 aliphatic rings. The Labute approximate surface area is 302 Å². The van der Waals surface area contributed by atoms with Gasteiger partial charge in [-0.2, -0.15) is 0 Å². The summed E-state index contributed by atoms with van der Waals surface area (Å²) in [6, 6.07) is 62.4. The summed E-state index contributed by atoms with van der Waals surface area (Å²) in [5.74, 6) is 0. The first-order valence-electron chi connectivity index (χ1n) is 18.2. The molecule has 1 aromatic heterocycles. The summed E-state index contributed by atoms with van der Waals surface area (Å²) in [5, 5.41) is 9.98. The molecule has 244 valence electrons. The molecule has 0 spiro atoms. The van der Waals surface area contributed by atoms with Crippen molar-refractivity contribution in [3.05, 3.63) is 181 Å². The molecule has 0 radical (unpaired) electrons. The molecule has 10 aromatic rings. The van der Waals surface area contributed by atoms with Crippen LogP contribution in [0.25, 0.3) is 98.8 Å². The van der Waals surface area contributed by atoms with Crippen LogP contribution in [0.4, 0.5) is 0 Å². The molecular formula is C51H34O.